The number of carbonyl (C=O) groups excluding carboxylic acids is 1. The van der Waals surface area contributed by atoms with Crippen LogP contribution in [0.5, 0.6) is 5.75 Å². The van der Waals surface area contributed by atoms with Crippen LogP contribution in [0.4, 0.5) is 0 Å². The van der Waals surface area contributed by atoms with Crippen molar-refractivity contribution in [2.45, 2.75) is 13.3 Å². The lowest BCUT2D eigenvalue weighted by Gasteiger charge is -2.21. The van der Waals surface area contributed by atoms with Gasteiger partial charge in [-0.15, -0.1) is 11.6 Å². The molecule has 0 heterocycles. The van der Waals surface area contributed by atoms with Crippen molar-refractivity contribution in [1.29, 1.82) is 0 Å². The van der Waals surface area contributed by atoms with Crippen molar-refractivity contribution in [2.24, 2.45) is 0 Å². The maximum absolute atomic E-state index is 12.1. The second kappa shape index (κ2) is 7.06. The standard InChI is InChI=1S/C12H15ClINO2/c1-2-6-15(7-5-13)12(17)9-3-4-10(14)11(16)8-9/h3-4,8,16H,2,5-7H2,1H3. The van der Waals surface area contributed by atoms with E-state index in [4.69, 9.17) is 11.6 Å². The third kappa shape index (κ3) is 4.03. The van der Waals surface area contributed by atoms with Gasteiger partial charge in [0.15, 0.2) is 0 Å². The molecular weight excluding hydrogens is 352 g/mol. The zero-order valence-electron chi connectivity index (χ0n) is 9.62. The number of halogens is 2. The van der Waals surface area contributed by atoms with Gasteiger partial charge in [0.25, 0.3) is 5.91 Å². The molecule has 5 heteroatoms. The molecule has 0 aliphatic rings. The number of hydrogen-bond acceptors (Lipinski definition) is 2. The Morgan fingerprint density at radius 3 is 2.71 bits per heavy atom. The molecule has 0 radical (unpaired) electrons. The maximum atomic E-state index is 12.1. The summed E-state index contributed by atoms with van der Waals surface area (Å²) in [6.07, 6.45) is 0.888. The molecular formula is C12H15ClINO2. The first-order valence-corrected chi connectivity index (χ1v) is 7.05. The smallest absolute Gasteiger partial charge is 0.254 e. The van der Waals surface area contributed by atoms with Crippen molar-refractivity contribution in [1.82, 2.24) is 4.90 Å². The Labute approximate surface area is 120 Å². The third-order valence-corrected chi connectivity index (χ3v) is 3.41. The second-order valence-corrected chi connectivity index (χ2v) is 5.19. The molecule has 0 spiro atoms. The zero-order chi connectivity index (χ0) is 12.8. The van der Waals surface area contributed by atoms with Crippen molar-refractivity contribution in [2.75, 3.05) is 19.0 Å². The van der Waals surface area contributed by atoms with E-state index in [1.54, 1.807) is 17.0 Å². The monoisotopic (exact) mass is 367 g/mol. The number of aromatic hydroxyl groups is 1. The van der Waals surface area contributed by atoms with Crippen LogP contribution < -0.4 is 0 Å². The molecule has 1 aromatic carbocycles. The largest absolute Gasteiger partial charge is 0.507 e. The van der Waals surface area contributed by atoms with Gasteiger partial charge in [0, 0.05) is 24.5 Å². The van der Waals surface area contributed by atoms with Gasteiger partial charge in [-0.05, 0) is 47.2 Å². The van der Waals surface area contributed by atoms with E-state index in [0.717, 1.165) is 9.99 Å². The number of benzene rings is 1. The van der Waals surface area contributed by atoms with Gasteiger partial charge in [0.2, 0.25) is 0 Å². The molecule has 0 saturated carbocycles. The summed E-state index contributed by atoms with van der Waals surface area (Å²) in [7, 11) is 0. The summed E-state index contributed by atoms with van der Waals surface area (Å²) in [5, 5.41) is 9.59. The summed E-state index contributed by atoms with van der Waals surface area (Å²) in [5.41, 5.74) is 0.501. The summed E-state index contributed by atoms with van der Waals surface area (Å²) in [4.78, 5) is 13.8. The predicted octanol–water partition coefficient (Wildman–Crippen LogP) is 3.09. The Hall–Kier alpha value is -0.490. The summed E-state index contributed by atoms with van der Waals surface area (Å²) in [6.45, 7) is 3.22. The molecule has 1 N–H and O–H groups in total. The average molecular weight is 368 g/mol. The van der Waals surface area contributed by atoms with Crippen molar-refractivity contribution in [3.8, 4) is 5.75 Å². The highest BCUT2D eigenvalue weighted by atomic mass is 127. The Kier molecular flexibility index (Phi) is 6.05. The van der Waals surface area contributed by atoms with Gasteiger partial charge in [-0.2, -0.15) is 0 Å². The lowest BCUT2D eigenvalue weighted by atomic mass is 10.2. The fourth-order valence-corrected chi connectivity index (χ4v) is 2.05. The average Bonchev–Trinajstić information content (AvgIpc) is 2.31. The van der Waals surface area contributed by atoms with Gasteiger partial charge >= 0.3 is 0 Å². The molecule has 17 heavy (non-hydrogen) atoms. The summed E-state index contributed by atoms with van der Waals surface area (Å²) < 4.78 is 0.735. The molecule has 0 aliphatic heterocycles. The van der Waals surface area contributed by atoms with Crippen molar-refractivity contribution >= 4 is 40.1 Å². The Balaban J connectivity index is 2.88. The van der Waals surface area contributed by atoms with Crippen LogP contribution in [0.3, 0.4) is 0 Å². The molecule has 1 aromatic rings. The van der Waals surface area contributed by atoms with Crippen molar-refractivity contribution in [3.63, 3.8) is 0 Å². The number of amides is 1. The minimum absolute atomic E-state index is 0.0841. The third-order valence-electron chi connectivity index (χ3n) is 2.33. The van der Waals surface area contributed by atoms with Crippen LogP contribution in [0.2, 0.25) is 0 Å². The highest BCUT2D eigenvalue weighted by Crippen LogP contribution is 2.21. The Morgan fingerprint density at radius 2 is 2.18 bits per heavy atom. The highest BCUT2D eigenvalue weighted by Gasteiger charge is 2.15. The van der Waals surface area contributed by atoms with Crippen LogP contribution in [0.25, 0.3) is 0 Å². The fraction of sp³-hybridized carbons (Fsp3) is 0.417. The second-order valence-electron chi connectivity index (χ2n) is 3.65. The molecule has 0 bridgehead atoms. The van der Waals surface area contributed by atoms with E-state index in [0.29, 0.717) is 24.5 Å². The lowest BCUT2D eigenvalue weighted by Crippen LogP contribution is -2.33. The van der Waals surface area contributed by atoms with E-state index >= 15 is 0 Å². The van der Waals surface area contributed by atoms with E-state index in [1.165, 1.54) is 6.07 Å². The molecule has 1 rings (SSSR count). The summed E-state index contributed by atoms with van der Waals surface area (Å²) in [6, 6.07) is 4.95. The van der Waals surface area contributed by atoms with Gasteiger partial charge in [-0.25, -0.2) is 0 Å². The van der Waals surface area contributed by atoms with E-state index in [9.17, 15) is 9.90 Å². The topological polar surface area (TPSA) is 40.5 Å². The lowest BCUT2D eigenvalue weighted by molar-refractivity contribution is 0.0765. The van der Waals surface area contributed by atoms with Crippen LogP contribution >= 0.6 is 34.2 Å². The molecule has 94 valence electrons. The number of nitrogens with zero attached hydrogens (tertiary/aromatic N) is 1. The fourth-order valence-electron chi connectivity index (χ4n) is 1.52. The minimum Gasteiger partial charge on any atom is -0.507 e. The number of hydrogen-bond donors (Lipinski definition) is 1. The SMILES string of the molecule is CCCN(CCCl)C(=O)c1ccc(I)c(O)c1. The highest BCUT2D eigenvalue weighted by molar-refractivity contribution is 14.1. The number of phenols is 1. The first-order valence-electron chi connectivity index (χ1n) is 5.44. The predicted molar refractivity (Wildman–Crippen MR) is 77.7 cm³/mol. The zero-order valence-corrected chi connectivity index (χ0v) is 12.5. The maximum Gasteiger partial charge on any atom is 0.254 e. The normalized spacial score (nSPS) is 10.3. The number of phenolic OH excluding ortho intramolecular Hbond substituents is 1. The van der Waals surface area contributed by atoms with Crippen molar-refractivity contribution in [3.05, 3.63) is 27.3 Å². The number of alkyl halides is 1. The van der Waals surface area contributed by atoms with E-state index in [-0.39, 0.29) is 11.7 Å². The van der Waals surface area contributed by atoms with E-state index in [2.05, 4.69) is 0 Å². The molecule has 0 aliphatic carbocycles. The summed E-state index contributed by atoms with van der Waals surface area (Å²) in [5.74, 6) is 0.472. The summed E-state index contributed by atoms with van der Waals surface area (Å²) >= 11 is 7.69. The number of carbonyl (C=O) groups is 1. The van der Waals surface area contributed by atoms with Crippen molar-refractivity contribution < 1.29 is 9.90 Å². The molecule has 0 unspecified atom stereocenters. The van der Waals surface area contributed by atoms with E-state index < -0.39 is 0 Å². The van der Waals surface area contributed by atoms with Crippen LogP contribution in [0.15, 0.2) is 18.2 Å². The van der Waals surface area contributed by atoms with Crippen LogP contribution in [-0.2, 0) is 0 Å². The quantitative estimate of drug-likeness (QED) is 0.642. The van der Waals surface area contributed by atoms with Crippen LogP contribution in [0.1, 0.15) is 23.7 Å². The molecule has 3 nitrogen and oxygen atoms in total. The van der Waals surface area contributed by atoms with Gasteiger partial charge < -0.3 is 10.0 Å². The van der Waals surface area contributed by atoms with Gasteiger partial charge in [-0.1, -0.05) is 6.92 Å². The van der Waals surface area contributed by atoms with E-state index in [1.807, 2.05) is 29.5 Å². The molecule has 0 saturated heterocycles. The molecule has 0 atom stereocenters. The number of rotatable bonds is 5. The molecule has 1 amide bonds. The first-order chi connectivity index (χ1) is 8.10. The minimum atomic E-state index is -0.0841. The molecule has 0 aromatic heterocycles. The molecule has 0 fully saturated rings. The Morgan fingerprint density at radius 1 is 1.47 bits per heavy atom. The Bertz CT molecular complexity index is 392. The van der Waals surface area contributed by atoms with Crippen LogP contribution in [-0.4, -0.2) is 34.9 Å². The van der Waals surface area contributed by atoms with Crippen LogP contribution in [0, 0.1) is 3.57 Å². The first kappa shape index (κ1) is 14.6. The van der Waals surface area contributed by atoms with Gasteiger partial charge in [0.1, 0.15) is 5.75 Å². The van der Waals surface area contributed by atoms with Gasteiger partial charge in [0.05, 0.1) is 3.57 Å². The van der Waals surface area contributed by atoms with Gasteiger partial charge in [-0.3, -0.25) is 4.79 Å².